The molecule has 0 aliphatic carbocycles. The lowest BCUT2D eigenvalue weighted by Crippen LogP contribution is -2.53. The minimum atomic E-state index is -1.54. The van der Waals surface area contributed by atoms with Crippen molar-refractivity contribution in [3.8, 4) is 11.1 Å². The molecular formula is C26H22FI2N3O4. The van der Waals surface area contributed by atoms with E-state index in [-0.39, 0.29) is 11.5 Å². The normalized spacial score (nSPS) is 15.9. The Morgan fingerprint density at radius 2 is 1.67 bits per heavy atom. The van der Waals surface area contributed by atoms with Crippen molar-refractivity contribution in [1.29, 1.82) is 0 Å². The predicted molar refractivity (Wildman–Crippen MR) is 154 cm³/mol. The maximum absolute atomic E-state index is 14.0. The molecule has 0 saturated carbocycles. The number of benzene rings is 3. The zero-order valence-corrected chi connectivity index (χ0v) is 23.2. The number of nitrogens with one attached hydrogen (secondary N) is 2. The second-order valence-corrected chi connectivity index (χ2v) is 13.3. The van der Waals surface area contributed by atoms with Crippen LogP contribution in [0.1, 0.15) is 28.8 Å². The monoisotopic (exact) mass is 713 g/mol. The van der Waals surface area contributed by atoms with Crippen LogP contribution >= 0.6 is 45.2 Å². The molecule has 7 nitrogen and oxygen atoms in total. The van der Waals surface area contributed by atoms with E-state index in [4.69, 9.17) is 0 Å². The summed E-state index contributed by atoms with van der Waals surface area (Å²) in [5.74, 6) is -1.22. The molecule has 3 aromatic rings. The van der Waals surface area contributed by atoms with Gasteiger partial charge in [-0.15, -0.1) is 0 Å². The van der Waals surface area contributed by atoms with Gasteiger partial charge in [0.05, 0.1) is 5.56 Å². The molecule has 1 atom stereocenters. The van der Waals surface area contributed by atoms with Gasteiger partial charge in [-0.2, -0.15) is 0 Å². The molecule has 186 valence electrons. The second-order valence-electron chi connectivity index (χ2n) is 8.26. The number of halogens is 3. The first-order chi connectivity index (χ1) is 17.1. The van der Waals surface area contributed by atoms with Crippen molar-refractivity contribution >= 4 is 74.5 Å². The summed E-state index contributed by atoms with van der Waals surface area (Å²) >= 11 is 3.38. The number of aromatic carboxylic acids is 1. The molecule has 1 aliphatic rings. The molecule has 0 spiro atoms. The maximum Gasteiger partial charge on any atom is 0.336 e. The molecule has 1 aliphatic heterocycles. The molecule has 4 rings (SSSR count). The van der Waals surface area contributed by atoms with Gasteiger partial charge in [0.15, 0.2) is 0 Å². The van der Waals surface area contributed by atoms with Crippen LogP contribution in [0, 0.1) is 0 Å². The Morgan fingerprint density at radius 1 is 1.00 bits per heavy atom. The number of rotatable bonds is 6. The number of carbonyl (C=O) groups excluding carboxylic acids is 2. The quantitative estimate of drug-likeness (QED) is 0.206. The first kappa shape index (κ1) is 26.3. The molecule has 1 heterocycles. The largest absolute Gasteiger partial charge is 0.478 e. The molecule has 0 radical (unpaired) electrons. The van der Waals surface area contributed by atoms with Crippen LogP contribution in [0.15, 0.2) is 72.8 Å². The van der Waals surface area contributed by atoms with E-state index >= 15 is 0 Å². The highest BCUT2D eigenvalue weighted by Crippen LogP contribution is 2.40. The number of nitrogens with zero attached hydrogens (tertiary/aromatic N) is 1. The van der Waals surface area contributed by atoms with E-state index in [2.05, 4.69) is 10.6 Å². The third-order valence-corrected chi connectivity index (χ3v) is 7.11. The van der Waals surface area contributed by atoms with Crippen molar-refractivity contribution in [3.63, 3.8) is 0 Å². The zero-order chi connectivity index (χ0) is 25.9. The highest BCUT2D eigenvalue weighted by atomic mass is 127. The average Bonchev–Trinajstić information content (AvgIpc) is 2.85. The summed E-state index contributed by atoms with van der Waals surface area (Å²) in [4.78, 5) is 38.8. The van der Waals surface area contributed by atoms with Crippen molar-refractivity contribution in [2.24, 2.45) is 0 Å². The highest BCUT2D eigenvalue weighted by molar-refractivity contribution is 14.2. The minimum absolute atomic E-state index is 0.205. The Hall–Kier alpha value is -2.74. The Morgan fingerprint density at radius 3 is 2.31 bits per heavy atom. The fourth-order valence-corrected chi connectivity index (χ4v) is 4.79. The molecular weight excluding hydrogens is 691 g/mol. The summed E-state index contributed by atoms with van der Waals surface area (Å²) in [5.41, 5.74) is 3.18. The number of amides is 3. The molecule has 3 N–H and O–H groups in total. The van der Waals surface area contributed by atoms with Crippen molar-refractivity contribution in [2.45, 2.75) is 20.6 Å². The minimum Gasteiger partial charge on any atom is -0.478 e. The van der Waals surface area contributed by atoms with Gasteiger partial charge in [0, 0.05) is 23.5 Å². The Labute approximate surface area is 234 Å². The summed E-state index contributed by atoms with van der Waals surface area (Å²) in [6, 6.07) is 19.1. The third kappa shape index (κ3) is 6.14. The van der Waals surface area contributed by atoms with E-state index in [0.717, 1.165) is 5.56 Å². The Kier molecular flexibility index (Phi) is 8.13. The lowest BCUT2D eigenvalue weighted by molar-refractivity contribution is -0.121. The van der Waals surface area contributed by atoms with Gasteiger partial charge >= 0.3 is 12.0 Å². The summed E-state index contributed by atoms with van der Waals surface area (Å²) in [6.45, 7) is 0.517. The van der Waals surface area contributed by atoms with Crippen molar-refractivity contribution in [1.82, 2.24) is 5.32 Å². The average molecular weight is 713 g/mol. The Bertz CT molecular complexity index is 1280. The molecule has 0 bridgehead atoms. The van der Waals surface area contributed by atoms with Crippen molar-refractivity contribution < 1.29 is 23.9 Å². The SMILES string of the molecule is O=C(Nc1ccc(C(F)(I)I)cc1)N[C@H]1CCCN(c2ccc(-c3ccccc3C(=O)O)cc2)C1=O. The number of carbonyl (C=O) groups is 3. The molecule has 1 saturated heterocycles. The van der Waals surface area contributed by atoms with E-state index < -0.39 is 19.7 Å². The van der Waals surface area contributed by atoms with E-state index in [9.17, 15) is 23.9 Å². The smallest absolute Gasteiger partial charge is 0.336 e. The lowest BCUT2D eigenvalue weighted by Gasteiger charge is -2.32. The number of piperidine rings is 1. The fraction of sp³-hybridized carbons (Fsp3) is 0.192. The van der Waals surface area contributed by atoms with Gasteiger partial charge in [-0.3, -0.25) is 4.79 Å². The van der Waals surface area contributed by atoms with E-state index in [0.29, 0.717) is 41.9 Å². The molecule has 0 unspecified atom stereocenters. The third-order valence-electron chi connectivity index (χ3n) is 5.86. The number of carboxylic acids is 1. The van der Waals surface area contributed by atoms with Crippen LogP contribution in [0.5, 0.6) is 0 Å². The van der Waals surface area contributed by atoms with Crippen molar-refractivity contribution in [3.05, 3.63) is 83.9 Å². The number of urea groups is 1. The van der Waals surface area contributed by atoms with Gasteiger partial charge in [-0.05, 0) is 99.5 Å². The molecule has 36 heavy (non-hydrogen) atoms. The summed E-state index contributed by atoms with van der Waals surface area (Å²) in [6.07, 6.45) is 1.22. The maximum atomic E-state index is 14.0. The number of anilines is 2. The van der Waals surface area contributed by atoms with E-state index in [1.54, 1.807) is 123 Å². The molecule has 3 aromatic carbocycles. The topological polar surface area (TPSA) is 98.7 Å². The number of carboxylic acid groups (broad SMARTS) is 1. The summed E-state index contributed by atoms with van der Waals surface area (Å²) in [7, 11) is 0. The standard InChI is InChI=1S/C26H22FI2N3O4/c27-26(28,29)17-9-11-18(12-10-17)30-25(36)31-22-6-3-15-32(23(22)33)19-13-7-16(8-14-19)20-4-1-2-5-21(20)24(34)35/h1-2,4-5,7-14,22H,3,6,15H2,(H,34,35)(H2,30,31,36)/t22-/m0/s1. The summed E-state index contributed by atoms with van der Waals surface area (Å²) < 4.78 is 12.5. The van der Waals surface area contributed by atoms with Crippen LogP contribution < -0.4 is 15.5 Å². The first-order valence-electron chi connectivity index (χ1n) is 11.1. The van der Waals surface area contributed by atoms with Crippen LogP contribution in [-0.2, 0) is 6.48 Å². The van der Waals surface area contributed by atoms with Crippen molar-refractivity contribution in [2.75, 3.05) is 16.8 Å². The van der Waals surface area contributed by atoms with Crippen LogP contribution in [0.25, 0.3) is 11.1 Å². The van der Waals surface area contributed by atoms with Crippen LogP contribution in [-0.4, -0.2) is 35.6 Å². The van der Waals surface area contributed by atoms with E-state index in [1.165, 1.54) is 0 Å². The summed E-state index contributed by atoms with van der Waals surface area (Å²) in [5, 5.41) is 14.9. The number of alkyl halides is 3. The van der Waals surface area contributed by atoms with Crippen LogP contribution in [0.3, 0.4) is 0 Å². The van der Waals surface area contributed by atoms with Gasteiger partial charge in [0.1, 0.15) is 6.04 Å². The second kappa shape index (κ2) is 11.1. The van der Waals surface area contributed by atoms with E-state index in [1.807, 2.05) is 0 Å². The molecule has 1 fully saturated rings. The van der Waals surface area contributed by atoms with Gasteiger partial charge in [-0.25, -0.2) is 14.0 Å². The molecule has 0 aromatic heterocycles. The van der Waals surface area contributed by atoms with Gasteiger partial charge in [0.2, 0.25) is 7.59 Å². The lowest BCUT2D eigenvalue weighted by atomic mass is 9.98. The molecule has 10 heteroatoms. The first-order valence-corrected chi connectivity index (χ1v) is 13.3. The Balaban J connectivity index is 1.42. The van der Waals surface area contributed by atoms with Gasteiger partial charge in [-0.1, -0.05) is 42.5 Å². The predicted octanol–water partition coefficient (Wildman–Crippen LogP) is 6.32. The van der Waals surface area contributed by atoms with Gasteiger partial charge < -0.3 is 20.6 Å². The van der Waals surface area contributed by atoms with Gasteiger partial charge in [0.25, 0.3) is 0 Å². The number of hydrogen-bond acceptors (Lipinski definition) is 3. The van der Waals surface area contributed by atoms with Crippen LogP contribution in [0.2, 0.25) is 0 Å². The highest BCUT2D eigenvalue weighted by Gasteiger charge is 2.31. The fourth-order valence-electron chi connectivity index (χ4n) is 4.08. The molecule has 3 amide bonds. The zero-order valence-electron chi connectivity index (χ0n) is 18.9. The van der Waals surface area contributed by atoms with Crippen LogP contribution in [0.4, 0.5) is 20.6 Å². The number of hydrogen-bond donors (Lipinski definition) is 3.